The number of aliphatic carboxylic acids is 1. The van der Waals surface area contributed by atoms with Crippen LogP contribution in [-0.4, -0.2) is 24.0 Å². The van der Waals surface area contributed by atoms with Crippen molar-refractivity contribution in [2.45, 2.75) is 6.92 Å². The first-order valence-electron chi connectivity index (χ1n) is 4.86. The van der Waals surface area contributed by atoms with Crippen molar-refractivity contribution in [3.8, 4) is 0 Å². The van der Waals surface area contributed by atoms with Gasteiger partial charge in [-0.2, -0.15) is 0 Å². The average Bonchev–Trinajstić information content (AvgIpc) is 2.28. The van der Waals surface area contributed by atoms with Gasteiger partial charge in [0.15, 0.2) is 0 Å². The van der Waals surface area contributed by atoms with Crippen LogP contribution in [0.3, 0.4) is 0 Å². The number of carboxylic acids is 1. The van der Waals surface area contributed by atoms with E-state index in [9.17, 15) is 14.0 Å². The number of likely N-dealkylation sites (N-methyl/N-ethyl adjacent to an activating group) is 1. The fourth-order valence-corrected chi connectivity index (χ4v) is 1.22. The number of aryl methyl sites for hydroxylation is 1. The van der Waals surface area contributed by atoms with E-state index in [4.69, 9.17) is 5.11 Å². The lowest BCUT2D eigenvalue weighted by Gasteiger charge is -2.15. The van der Waals surface area contributed by atoms with Gasteiger partial charge in [0, 0.05) is 24.9 Å². The van der Waals surface area contributed by atoms with Crippen LogP contribution >= 0.6 is 0 Å². The summed E-state index contributed by atoms with van der Waals surface area (Å²) in [6.07, 6.45) is 1.70. The van der Waals surface area contributed by atoms with Gasteiger partial charge in [0.1, 0.15) is 5.82 Å². The Morgan fingerprint density at radius 1 is 1.35 bits per heavy atom. The molecule has 5 heteroatoms. The van der Waals surface area contributed by atoms with Crippen molar-refractivity contribution in [2.24, 2.45) is 0 Å². The number of amides is 1. The topological polar surface area (TPSA) is 57.6 Å². The molecule has 1 aromatic rings. The third-order valence-electron chi connectivity index (χ3n) is 2.23. The van der Waals surface area contributed by atoms with Crippen LogP contribution in [0.2, 0.25) is 0 Å². The summed E-state index contributed by atoms with van der Waals surface area (Å²) in [6.45, 7) is 1.59. The minimum atomic E-state index is -1.19. The summed E-state index contributed by atoms with van der Waals surface area (Å²) in [5, 5.41) is 8.39. The minimum absolute atomic E-state index is 0.351. The number of anilines is 1. The van der Waals surface area contributed by atoms with Crippen molar-refractivity contribution in [3.63, 3.8) is 0 Å². The van der Waals surface area contributed by atoms with Gasteiger partial charge in [-0.05, 0) is 30.7 Å². The summed E-state index contributed by atoms with van der Waals surface area (Å²) in [4.78, 5) is 23.0. The molecule has 0 aromatic heterocycles. The molecule has 0 unspecified atom stereocenters. The number of carbonyl (C=O) groups excluding carboxylic acids is 1. The maximum atomic E-state index is 13.0. The molecule has 4 nitrogen and oxygen atoms in total. The lowest BCUT2D eigenvalue weighted by Crippen LogP contribution is -2.24. The van der Waals surface area contributed by atoms with E-state index in [2.05, 4.69) is 0 Å². The van der Waals surface area contributed by atoms with Crippen LogP contribution in [0.5, 0.6) is 0 Å². The van der Waals surface area contributed by atoms with Crippen LogP contribution < -0.4 is 4.90 Å². The second-order valence-corrected chi connectivity index (χ2v) is 3.50. The number of hydrogen-bond donors (Lipinski definition) is 1. The van der Waals surface area contributed by atoms with Crippen LogP contribution in [0.4, 0.5) is 10.1 Å². The zero-order chi connectivity index (χ0) is 13.0. The van der Waals surface area contributed by atoms with Gasteiger partial charge in [-0.3, -0.25) is 4.79 Å². The number of benzene rings is 1. The Labute approximate surface area is 98.0 Å². The Bertz CT molecular complexity index is 483. The molecule has 1 N–H and O–H groups in total. The first kappa shape index (κ1) is 12.9. The Morgan fingerprint density at radius 3 is 2.53 bits per heavy atom. The third-order valence-corrected chi connectivity index (χ3v) is 2.23. The normalized spacial score (nSPS) is 10.5. The zero-order valence-electron chi connectivity index (χ0n) is 9.48. The fraction of sp³-hybridized carbons (Fsp3) is 0.167. The first-order chi connectivity index (χ1) is 7.91. The van der Waals surface area contributed by atoms with Gasteiger partial charge in [-0.15, -0.1) is 0 Å². The van der Waals surface area contributed by atoms with E-state index in [1.54, 1.807) is 6.92 Å². The van der Waals surface area contributed by atoms with Crippen LogP contribution in [0.1, 0.15) is 5.56 Å². The number of rotatable bonds is 3. The highest BCUT2D eigenvalue weighted by molar-refractivity contribution is 6.03. The molecular weight excluding hydrogens is 225 g/mol. The van der Waals surface area contributed by atoms with Crippen molar-refractivity contribution in [1.82, 2.24) is 0 Å². The maximum absolute atomic E-state index is 13.0. The average molecular weight is 237 g/mol. The van der Waals surface area contributed by atoms with E-state index in [1.807, 2.05) is 0 Å². The summed E-state index contributed by atoms with van der Waals surface area (Å²) in [7, 11) is 1.49. The second-order valence-electron chi connectivity index (χ2n) is 3.50. The first-order valence-corrected chi connectivity index (χ1v) is 4.86. The molecule has 90 valence electrons. The van der Waals surface area contributed by atoms with Crippen molar-refractivity contribution >= 4 is 17.6 Å². The number of carbonyl (C=O) groups is 2. The number of nitrogens with zero attached hydrogens (tertiary/aromatic N) is 1. The second kappa shape index (κ2) is 5.25. The van der Waals surface area contributed by atoms with Gasteiger partial charge >= 0.3 is 5.97 Å². The molecule has 0 spiro atoms. The van der Waals surface area contributed by atoms with Crippen LogP contribution in [0, 0.1) is 12.7 Å². The molecular formula is C12H12FNO3. The quantitative estimate of drug-likeness (QED) is 0.814. The van der Waals surface area contributed by atoms with Crippen molar-refractivity contribution in [1.29, 1.82) is 0 Å². The maximum Gasteiger partial charge on any atom is 0.328 e. The molecule has 0 aliphatic carbocycles. The fourth-order valence-electron chi connectivity index (χ4n) is 1.22. The highest BCUT2D eigenvalue weighted by Crippen LogP contribution is 2.17. The molecule has 0 radical (unpaired) electrons. The smallest absolute Gasteiger partial charge is 0.328 e. The predicted molar refractivity (Wildman–Crippen MR) is 61.3 cm³/mol. The minimum Gasteiger partial charge on any atom is -0.478 e. The zero-order valence-corrected chi connectivity index (χ0v) is 9.48. The predicted octanol–water partition coefficient (Wildman–Crippen LogP) is 1.74. The monoisotopic (exact) mass is 237 g/mol. The van der Waals surface area contributed by atoms with Gasteiger partial charge in [0.25, 0.3) is 5.91 Å². The Morgan fingerprint density at radius 2 is 2.00 bits per heavy atom. The lowest BCUT2D eigenvalue weighted by molar-refractivity contribution is -0.131. The van der Waals surface area contributed by atoms with Gasteiger partial charge in [-0.25, -0.2) is 9.18 Å². The van der Waals surface area contributed by atoms with Crippen LogP contribution in [0.15, 0.2) is 30.4 Å². The Balaban J connectivity index is 2.89. The molecule has 0 saturated carbocycles. The van der Waals surface area contributed by atoms with Crippen molar-refractivity contribution in [3.05, 3.63) is 41.7 Å². The summed E-state index contributed by atoms with van der Waals surface area (Å²) < 4.78 is 13.0. The van der Waals surface area contributed by atoms with Crippen LogP contribution in [0.25, 0.3) is 0 Å². The highest BCUT2D eigenvalue weighted by atomic mass is 19.1. The third kappa shape index (κ3) is 3.41. The lowest BCUT2D eigenvalue weighted by atomic mass is 10.2. The van der Waals surface area contributed by atoms with E-state index < -0.39 is 11.9 Å². The van der Waals surface area contributed by atoms with Crippen LogP contribution in [-0.2, 0) is 9.59 Å². The molecule has 0 aliphatic heterocycles. The van der Waals surface area contributed by atoms with Crippen molar-refractivity contribution < 1.29 is 19.1 Å². The highest BCUT2D eigenvalue weighted by Gasteiger charge is 2.09. The standard InChI is InChI=1S/C12H12FNO3/c1-8-7-9(3-4-10(8)13)14(2)11(15)5-6-12(16)17/h3-7H,1-2H3,(H,16,17)/b6-5+. The molecule has 1 amide bonds. The molecule has 1 rings (SSSR count). The van der Waals surface area contributed by atoms with Crippen molar-refractivity contribution in [2.75, 3.05) is 11.9 Å². The summed E-state index contributed by atoms with van der Waals surface area (Å²) in [5.74, 6) is -2.03. The Kier molecular flexibility index (Phi) is 3.98. The molecule has 0 aliphatic rings. The van der Waals surface area contributed by atoms with Gasteiger partial charge in [0.2, 0.25) is 0 Å². The number of hydrogen-bond acceptors (Lipinski definition) is 2. The largest absolute Gasteiger partial charge is 0.478 e. The molecule has 0 heterocycles. The van der Waals surface area contributed by atoms with E-state index in [0.29, 0.717) is 11.3 Å². The van der Waals surface area contributed by atoms with E-state index in [0.717, 1.165) is 12.2 Å². The Hall–Kier alpha value is -2.17. The van der Waals surface area contributed by atoms with Gasteiger partial charge < -0.3 is 10.0 Å². The molecule has 0 saturated heterocycles. The summed E-state index contributed by atoms with van der Waals surface area (Å²) in [5.41, 5.74) is 0.924. The molecule has 0 fully saturated rings. The van der Waals surface area contributed by atoms with Gasteiger partial charge in [0.05, 0.1) is 0 Å². The SMILES string of the molecule is Cc1cc(N(C)C(=O)/C=C/C(=O)O)ccc1F. The number of carboxylic acid groups (broad SMARTS) is 1. The molecule has 0 bridgehead atoms. The van der Waals surface area contributed by atoms with E-state index >= 15 is 0 Å². The summed E-state index contributed by atoms with van der Waals surface area (Å²) in [6, 6.07) is 4.23. The number of halogens is 1. The molecule has 17 heavy (non-hydrogen) atoms. The van der Waals surface area contributed by atoms with E-state index in [-0.39, 0.29) is 5.82 Å². The van der Waals surface area contributed by atoms with Gasteiger partial charge in [-0.1, -0.05) is 0 Å². The molecule has 0 atom stereocenters. The molecule has 1 aromatic carbocycles. The summed E-state index contributed by atoms with van der Waals surface area (Å²) >= 11 is 0. The van der Waals surface area contributed by atoms with E-state index in [1.165, 1.54) is 30.1 Å².